The number of rotatable bonds is 6. The van der Waals surface area contributed by atoms with Gasteiger partial charge < -0.3 is 10.1 Å². The molecular weight excluding hydrogens is 322 g/mol. The lowest BCUT2D eigenvalue weighted by molar-refractivity contribution is -0.147. The first-order chi connectivity index (χ1) is 11.7. The number of amides is 1. The molecule has 1 aromatic heterocycles. The van der Waals surface area contributed by atoms with Gasteiger partial charge in [-0.1, -0.05) is 36.4 Å². The number of thiophene rings is 1. The van der Waals surface area contributed by atoms with Crippen LogP contribution in [0.5, 0.6) is 0 Å². The van der Waals surface area contributed by atoms with Crippen LogP contribution in [0.25, 0.3) is 10.8 Å². The van der Waals surface area contributed by atoms with Gasteiger partial charge in [0, 0.05) is 17.5 Å². The Kier molecular flexibility index (Phi) is 5.23. The van der Waals surface area contributed by atoms with Gasteiger partial charge in [-0.15, -0.1) is 0 Å². The number of aryl methyl sites for hydroxylation is 1. The third-order valence-corrected chi connectivity index (χ3v) is 4.36. The molecular formula is C19H17NO3S. The highest BCUT2D eigenvalue weighted by Gasteiger charge is 2.09. The molecule has 122 valence electrons. The van der Waals surface area contributed by atoms with Gasteiger partial charge >= 0.3 is 5.97 Å². The van der Waals surface area contributed by atoms with E-state index in [1.54, 1.807) is 11.3 Å². The maximum Gasteiger partial charge on any atom is 0.306 e. The first kappa shape index (κ1) is 16.2. The van der Waals surface area contributed by atoms with Gasteiger partial charge in [-0.05, 0) is 40.3 Å². The second-order valence-electron chi connectivity index (χ2n) is 5.37. The largest absolute Gasteiger partial charge is 0.456 e. The van der Waals surface area contributed by atoms with E-state index in [9.17, 15) is 9.59 Å². The van der Waals surface area contributed by atoms with E-state index in [4.69, 9.17) is 4.74 Å². The van der Waals surface area contributed by atoms with Crippen LogP contribution in [0.2, 0.25) is 0 Å². The highest BCUT2D eigenvalue weighted by molar-refractivity contribution is 7.07. The molecule has 0 aliphatic heterocycles. The first-order valence-electron chi connectivity index (χ1n) is 7.67. The zero-order valence-corrected chi connectivity index (χ0v) is 13.8. The number of fused-ring (bicyclic) bond motifs is 1. The predicted octanol–water partition coefficient (Wildman–Crippen LogP) is 4.02. The van der Waals surface area contributed by atoms with Gasteiger partial charge in [-0.2, -0.15) is 11.3 Å². The van der Waals surface area contributed by atoms with Crippen molar-refractivity contribution < 1.29 is 14.3 Å². The number of benzene rings is 2. The molecule has 0 unspecified atom stereocenters. The van der Waals surface area contributed by atoms with Gasteiger partial charge in [0.15, 0.2) is 6.61 Å². The molecule has 1 heterocycles. The van der Waals surface area contributed by atoms with Crippen molar-refractivity contribution in [2.75, 3.05) is 11.9 Å². The van der Waals surface area contributed by atoms with Gasteiger partial charge in [0.05, 0.1) is 0 Å². The van der Waals surface area contributed by atoms with Crippen molar-refractivity contribution in [2.24, 2.45) is 0 Å². The Hall–Kier alpha value is -2.66. The minimum atomic E-state index is -0.366. The molecule has 2 aromatic carbocycles. The normalized spacial score (nSPS) is 10.5. The summed E-state index contributed by atoms with van der Waals surface area (Å²) in [5.74, 6) is -0.704. The topological polar surface area (TPSA) is 55.4 Å². The fraction of sp³-hybridized carbons (Fsp3) is 0.158. The molecule has 4 nitrogen and oxygen atoms in total. The fourth-order valence-electron chi connectivity index (χ4n) is 2.42. The number of carbonyl (C=O) groups is 2. The lowest BCUT2D eigenvalue weighted by atomic mass is 10.1. The van der Waals surface area contributed by atoms with Crippen molar-refractivity contribution >= 4 is 39.7 Å². The van der Waals surface area contributed by atoms with Crippen LogP contribution in [0.3, 0.4) is 0 Å². The maximum atomic E-state index is 12.0. The molecule has 0 saturated heterocycles. The average molecular weight is 339 g/mol. The lowest BCUT2D eigenvalue weighted by Gasteiger charge is -2.09. The Morgan fingerprint density at radius 2 is 1.88 bits per heavy atom. The van der Waals surface area contributed by atoms with E-state index in [0.29, 0.717) is 12.1 Å². The van der Waals surface area contributed by atoms with Crippen LogP contribution >= 0.6 is 11.3 Å². The first-order valence-corrected chi connectivity index (χ1v) is 8.61. The molecule has 3 aromatic rings. The summed E-state index contributed by atoms with van der Waals surface area (Å²) in [6.45, 7) is -0.272. The summed E-state index contributed by atoms with van der Waals surface area (Å²) in [7, 11) is 0. The molecule has 3 rings (SSSR count). The summed E-state index contributed by atoms with van der Waals surface area (Å²) < 4.78 is 5.04. The SMILES string of the molecule is O=C(COC(=O)CCc1ccsc1)Nc1cccc2ccccc12. The van der Waals surface area contributed by atoms with E-state index in [1.165, 1.54) is 0 Å². The highest BCUT2D eigenvalue weighted by atomic mass is 32.1. The predicted molar refractivity (Wildman–Crippen MR) is 96.2 cm³/mol. The minimum Gasteiger partial charge on any atom is -0.456 e. The molecule has 0 fully saturated rings. The molecule has 5 heteroatoms. The summed E-state index contributed by atoms with van der Waals surface area (Å²) in [6, 6.07) is 15.5. The Bertz CT molecular complexity index is 837. The standard InChI is InChI=1S/C19H17NO3S/c21-18(12-23-19(22)9-8-14-10-11-24-13-14)20-17-7-3-5-15-4-1-2-6-16(15)17/h1-7,10-11,13H,8-9,12H2,(H,20,21). The monoisotopic (exact) mass is 339 g/mol. The molecule has 24 heavy (non-hydrogen) atoms. The summed E-state index contributed by atoms with van der Waals surface area (Å²) in [6.07, 6.45) is 0.908. The molecule has 0 saturated carbocycles. The van der Waals surface area contributed by atoms with Crippen molar-refractivity contribution in [3.63, 3.8) is 0 Å². The van der Waals surface area contributed by atoms with Crippen molar-refractivity contribution in [3.05, 3.63) is 64.9 Å². The molecule has 0 aliphatic carbocycles. The van der Waals surface area contributed by atoms with E-state index >= 15 is 0 Å². The quantitative estimate of drug-likeness (QED) is 0.690. The minimum absolute atomic E-state index is 0.272. The van der Waals surface area contributed by atoms with Crippen molar-refractivity contribution in [1.29, 1.82) is 0 Å². The van der Waals surface area contributed by atoms with Gasteiger partial charge in [0.25, 0.3) is 5.91 Å². The van der Waals surface area contributed by atoms with E-state index in [0.717, 1.165) is 16.3 Å². The Labute approximate surface area is 144 Å². The van der Waals surface area contributed by atoms with Gasteiger partial charge in [-0.25, -0.2) is 0 Å². The Balaban J connectivity index is 1.51. The number of ether oxygens (including phenoxy) is 1. The van der Waals surface area contributed by atoms with Crippen molar-refractivity contribution in [1.82, 2.24) is 0 Å². The van der Waals surface area contributed by atoms with Crippen LogP contribution in [0.4, 0.5) is 5.69 Å². The summed E-state index contributed by atoms with van der Waals surface area (Å²) in [5, 5.41) is 8.77. The molecule has 0 radical (unpaired) electrons. The summed E-state index contributed by atoms with van der Waals surface area (Å²) in [4.78, 5) is 23.7. The maximum absolute atomic E-state index is 12.0. The van der Waals surface area contributed by atoms with Crippen LogP contribution in [0.15, 0.2) is 59.3 Å². The molecule has 0 spiro atoms. The number of nitrogens with one attached hydrogen (secondary N) is 1. The smallest absolute Gasteiger partial charge is 0.306 e. The number of hydrogen-bond acceptors (Lipinski definition) is 4. The van der Waals surface area contributed by atoms with E-state index in [2.05, 4.69) is 5.32 Å². The molecule has 1 amide bonds. The number of anilines is 1. The zero-order chi connectivity index (χ0) is 16.8. The third kappa shape index (κ3) is 4.20. The van der Waals surface area contributed by atoms with Crippen molar-refractivity contribution in [3.8, 4) is 0 Å². The average Bonchev–Trinajstić information content (AvgIpc) is 3.12. The second-order valence-corrected chi connectivity index (χ2v) is 6.15. The van der Waals surface area contributed by atoms with Crippen molar-refractivity contribution in [2.45, 2.75) is 12.8 Å². The van der Waals surface area contributed by atoms with E-state index in [1.807, 2.05) is 59.3 Å². The Morgan fingerprint density at radius 3 is 2.71 bits per heavy atom. The van der Waals surface area contributed by atoms with E-state index < -0.39 is 0 Å². The molecule has 0 atom stereocenters. The highest BCUT2D eigenvalue weighted by Crippen LogP contribution is 2.22. The lowest BCUT2D eigenvalue weighted by Crippen LogP contribution is -2.21. The zero-order valence-electron chi connectivity index (χ0n) is 13.0. The Morgan fingerprint density at radius 1 is 1.04 bits per heavy atom. The van der Waals surface area contributed by atoms with Crippen LogP contribution in [0, 0.1) is 0 Å². The second kappa shape index (κ2) is 7.75. The fourth-order valence-corrected chi connectivity index (χ4v) is 3.12. The van der Waals surface area contributed by atoms with Crippen LogP contribution in [-0.4, -0.2) is 18.5 Å². The van der Waals surface area contributed by atoms with Crippen LogP contribution in [-0.2, 0) is 20.7 Å². The van der Waals surface area contributed by atoms with Gasteiger partial charge in [-0.3, -0.25) is 9.59 Å². The number of esters is 1. The van der Waals surface area contributed by atoms with Gasteiger partial charge in [0.2, 0.25) is 0 Å². The number of hydrogen-bond donors (Lipinski definition) is 1. The van der Waals surface area contributed by atoms with Gasteiger partial charge in [0.1, 0.15) is 0 Å². The molecule has 0 aliphatic rings. The molecule has 1 N–H and O–H groups in total. The van der Waals surface area contributed by atoms with Crippen LogP contribution < -0.4 is 5.32 Å². The number of carbonyl (C=O) groups excluding carboxylic acids is 2. The third-order valence-electron chi connectivity index (χ3n) is 3.63. The summed E-state index contributed by atoms with van der Waals surface area (Å²) in [5.41, 5.74) is 1.82. The molecule has 0 bridgehead atoms. The summed E-state index contributed by atoms with van der Waals surface area (Å²) >= 11 is 1.60. The van der Waals surface area contributed by atoms with E-state index in [-0.39, 0.29) is 24.9 Å². The van der Waals surface area contributed by atoms with Crippen LogP contribution in [0.1, 0.15) is 12.0 Å².